The second-order valence-corrected chi connectivity index (χ2v) is 21.6. The van der Waals surface area contributed by atoms with E-state index < -0.39 is 37.5 Å². The molecule has 3 N–H and O–H groups in total. The van der Waals surface area contributed by atoms with Gasteiger partial charge in [-0.05, 0) is 91.8 Å². The third-order valence-electron chi connectivity index (χ3n) is 15.1. The number of fused-ring (bicyclic) bond motifs is 1. The minimum atomic E-state index is -4.67. The molecule has 2 unspecified atom stereocenters. The van der Waals surface area contributed by atoms with E-state index in [9.17, 15) is 28.1 Å². The van der Waals surface area contributed by atoms with E-state index in [1.54, 1.807) is 29.4 Å². The van der Waals surface area contributed by atoms with Gasteiger partial charge >= 0.3 is 0 Å². The van der Waals surface area contributed by atoms with Crippen LogP contribution in [0.5, 0.6) is 11.5 Å². The summed E-state index contributed by atoms with van der Waals surface area (Å²) in [5.74, 6) is -0.297. The second kappa shape index (κ2) is 20.5. The summed E-state index contributed by atoms with van der Waals surface area (Å²) in [7, 11) is -4.67. The normalized spacial score (nSPS) is 21.1. The molecule has 3 aromatic heterocycles. The number of nitro groups is 1. The largest absolute Gasteiger partial charge is 0.453 e. The lowest BCUT2D eigenvalue weighted by Gasteiger charge is -2.56. The number of aromatic amines is 1. The predicted octanol–water partition coefficient (Wildman–Crippen LogP) is 6.46. The first-order valence-electron chi connectivity index (χ1n) is 24.8. The predicted molar refractivity (Wildman–Crippen MR) is 266 cm³/mol. The maximum absolute atomic E-state index is 14.0. The van der Waals surface area contributed by atoms with Crippen molar-refractivity contribution in [2.75, 3.05) is 88.9 Å². The van der Waals surface area contributed by atoms with E-state index in [0.717, 1.165) is 49.6 Å². The van der Waals surface area contributed by atoms with Gasteiger partial charge in [-0.3, -0.25) is 29.5 Å². The summed E-state index contributed by atoms with van der Waals surface area (Å²) in [6.07, 6.45) is 11.1. The number of hydrogen-bond acceptors (Lipinski definition) is 15. The first kappa shape index (κ1) is 48.4. The van der Waals surface area contributed by atoms with Gasteiger partial charge in [-0.2, -0.15) is 0 Å². The van der Waals surface area contributed by atoms with Gasteiger partial charge in [0.1, 0.15) is 17.1 Å². The molecule has 376 valence electrons. The lowest BCUT2D eigenvalue weighted by molar-refractivity contribution is -0.384. The fourth-order valence-electron chi connectivity index (χ4n) is 11.2. The number of likely N-dealkylation sites (tertiary alicyclic amines) is 1. The van der Waals surface area contributed by atoms with Crippen LogP contribution in [0.25, 0.3) is 11.0 Å². The number of aromatic nitrogens is 3. The van der Waals surface area contributed by atoms with Crippen molar-refractivity contribution in [3.05, 3.63) is 106 Å². The third kappa shape index (κ3) is 10.6. The van der Waals surface area contributed by atoms with Crippen LogP contribution in [0.4, 0.5) is 17.1 Å². The van der Waals surface area contributed by atoms with Gasteiger partial charge < -0.3 is 34.3 Å². The van der Waals surface area contributed by atoms with Crippen molar-refractivity contribution in [3.8, 4) is 11.5 Å². The Hall–Kier alpha value is -6.19. The standard InChI is InChI=1S/C51H62N10O9S/c1-34(2)41-6-3-4-7-42(41)44-8-5-15-60(44)37-27-51(28-37)12-16-58(17-13-51)36-25-46(70-38-24-35-11-14-52-49(35)55-30-38)48(54-29-36)50(63)56-71(66,67)40-9-10-43(45(26-40)61(64)65)53-31-39-32-59(20-23-69-39)47(62)33-57-18-21-68-22-19-57/h3-4,6-7,9-11,14,24-26,29-30,34,37,39,44,53H,5,8,12-13,15-23,27-28,31-33H2,1-2H3,(H,52,55)(H,56,63). The zero-order chi connectivity index (χ0) is 49.3. The molecule has 19 nitrogen and oxygen atoms in total. The Kier molecular flexibility index (Phi) is 14.0. The topological polar surface area (TPSA) is 218 Å². The second-order valence-electron chi connectivity index (χ2n) is 19.9. The average molecular weight is 991 g/mol. The van der Waals surface area contributed by atoms with Crippen LogP contribution in [-0.2, 0) is 24.3 Å². The molecule has 0 bridgehead atoms. The van der Waals surface area contributed by atoms with Crippen molar-refractivity contribution >= 4 is 49.9 Å². The number of hydrogen-bond donors (Lipinski definition) is 3. The van der Waals surface area contributed by atoms with Crippen LogP contribution in [0, 0.1) is 15.5 Å². The molecule has 7 heterocycles. The van der Waals surface area contributed by atoms with Crippen LogP contribution in [0.15, 0.2) is 84.1 Å². The van der Waals surface area contributed by atoms with Crippen molar-refractivity contribution in [1.82, 2.24) is 34.4 Å². The number of nitro benzene ring substituents is 1. The maximum atomic E-state index is 14.0. The first-order chi connectivity index (χ1) is 34.3. The fraction of sp³-hybridized carbons (Fsp3) is 0.490. The van der Waals surface area contributed by atoms with Gasteiger partial charge in [0, 0.05) is 81.6 Å². The van der Waals surface area contributed by atoms with Crippen molar-refractivity contribution in [2.24, 2.45) is 5.41 Å². The van der Waals surface area contributed by atoms with Crippen LogP contribution in [0.2, 0.25) is 0 Å². The molecule has 5 fully saturated rings. The van der Waals surface area contributed by atoms with Crippen LogP contribution in [0.1, 0.15) is 85.9 Å². The highest BCUT2D eigenvalue weighted by Gasteiger charge is 2.50. The average Bonchev–Trinajstić information content (AvgIpc) is 4.05. The summed E-state index contributed by atoms with van der Waals surface area (Å²) >= 11 is 0. The number of H-pyrrole nitrogens is 1. The van der Waals surface area contributed by atoms with Crippen molar-refractivity contribution in [3.63, 3.8) is 0 Å². The number of amides is 2. The number of morpholine rings is 2. The molecule has 1 aliphatic carbocycles. The molecule has 1 spiro atoms. The molecule has 4 aliphatic heterocycles. The molecule has 1 saturated carbocycles. The molecule has 4 saturated heterocycles. The Morgan fingerprint density at radius 2 is 1.77 bits per heavy atom. The highest BCUT2D eigenvalue weighted by Crippen LogP contribution is 2.54. The molecule has 10 rings (SSSR count). The molecular formula is C51H62N10O9S. The molecule has 5 aliphatic rings. The van der Waals surface area contributed by atoms with Gasteiger partial charge in [-0.15, -0.1) is 0 Å². The summed E-state index contributed by atoms with van der Waals surface area (Å²) in [4.78, 5) is 58.9. The van der Waals surface area contributed by atoms with Crippen LogP contribution >= 0.6 is 0 Å². The van der Waals surface area contributed by atoms with Crippen LogP contribution < -0.4 is 19.7 Å². The lowest BCUT2D eigenvalue weighted by Crippen LogP contribution is -2.55. The quantitative estimate of drug-likeness (QED) is 0.0758. The molecule has 2 atom stereocenters. The smallest absolute Gasteiger partial charge is 0.293 e. The molecule has 71 heavy (non-hydrogen) atoms. The van der Waals surface area contributed by atoms with Gasteiger partial charge in [0.2, 0.25) is 5.91 Å². The van der Waals surface area contributed by atoms with E-state index in [1.165, 1.54) is 55.1 Å². The van der Waals surface area contributed by atoms with Crippen molar-refractivity contribution in [2.45, 2.75) is 81.4 Å². The fourth-order valence-corrected chi connectivity index (χ4v) is 12.2. The number of nitrogens with one attached hydrogen (secondary N) is 3. The Morgan fingerprint density at radius 1 is 0.972 bits per heavy atom. The highest BCUT2D eigenvalue weighted by molar-refractivity contribution is 7.90. The number of benzene rings is 2. The van der Waals surface area contributed by atoms with Crippen LogP contribution in [0.3, 0.4) is 0 Å². The lowest BCUT2D eigenvalue weighted by atomic mass is 9.59. The van der Waals surface area contributed by atoms with E-state index in [-0.39, 0.29) is 48.1 Å². The monoisotopic (exact) mass is 990 g/mol. The Balaban J connectivity index is 0.807. The minimum absolute atomic E-state index is 0.0226. The number of ether oxygens (including phenoxy) is 3. The van der Waals surface area contributed by atoms with Crippen molar-refractivity contribution in [1.29, 1.82) is 0 Å². The van der Waals surface area contributed by atoms with Gasteiger partial charge in [0.15, 0.2) is 11.4 Å². The Labute approximate surface area is 413 Å². The number of pyridine rings is 2. The van der Waals surface area contributed by atoms with Crippen LogP contribution in [-0.4, -0.2) is 146 Å². The van der Waals surface area contributed by atoms with Gasteiger partial charge in [-0.1, -0.05) is 38.1 Å². The number of piperidine rings is 1. The molecular weight excluding hydrogens is 929 g/mol. The van der Waals surface area contributed by atoms with E-state index >= 15 is 0 Å². The summed E-state index contributed by atoms with van der Waals surface area (Å²) in [6.45, 7) is 11.2. The number of sulfonamides is 1. The summed E-state index contributed by atoms with van der Waals surface area (Å²) in [5, 5.41) is 16.1. The zero-order valence-corrected chi connectivity index (χ0v) is 41.1. The van der Waals surface area contributed by atoms with Crippen molar-refractivity contribution < 1.29 is 37.1 Å². The Bertz CT molecular complexity index is 2870. The summed E-state index contributed by atoms with van der Waals surface area (Å²) in [5.41, 5.74) is 3.81. The van der Waals surface area contributed by atoms with E-state index in [1.807, 2.05) is 11.0 Å². The molecule has 20 heteroatoms. The SMILES string of the molecule is CC(C)c1ccccc1C1CCCN1C1CC2(CCN(c3cnc(C(=O)NS(=O)(=O)c4ccc(NCC5CN(C(=O)CN6CCOCC6)CCO5)c([N+](=O)[O-])c4)c(Oc4cnc5[nH]ccc5c4)c3)CC2)C1. The summed E-state index contributed by atoms with van der Waals surface area (Å²) < 4.78 is 47.3. The van der Waals surface area contributed by atoms with E-state index in [2.05, 4.69) is 72.9 Å². The zero-order valence-electron chi connectivity index (χ0n) is 40.3. The maximum Gasteiger partial charge on any atom is 0.293 e. The number of anilines is 2. The van der Waals surface area contributed by atoms with Gasteiger partial charge in [-0.25, -0.2) is 23.1 Å². The van der Waals surface area contributed by atoms with Gasteiger partial charge in [0.25, 0.3) is 21.6 Å². The highest BCUT2D eigenvalue weighted by atomic mass is 32.2. The molecule has 2 amide bonds. The van der Waals surface area contributed by atoms with Gasteiger partial charge in [0.05, 0.1) is 60.4 Å². The minimum Gasteiger partial charge on any atom is -0.453 e. The molecule has 5 aromatic rings. The number of carbonyl (C=O) groups excluding carboxylic acids is 2. The number of carbonyl (C=O) groups is 2. The first-order valence-corrected chi connectivity index (χ1v) is 26.3. The Morgan fingerprint density at radius 3 is 2.56 bits per heavy atom. The summed E-state index contributed by atoms with van der Waals surface area (Å²) in [6, 6.07) is 18.6. The molecule has 2 aromatic carbocycles. The van der Waals surface area contributed by atoms with E-state index in [4.69, 9.17) is 14.2 Å². The molecule has 0 radical (unpaired) electrons. The number of nitrogens with zero attached hydrogens (tertiary/aromatic N) is 7. The number of rotatable bonds is 15. The van der Waals surface area contributed by atoms with E-state index in [0.29, 0.717) is 68.9 Å². The third-order valence-corrected chi connectivity index (χ3v) is 16.4.